The van der Waals surface area contributed by atoms with Gasteiger partial charge in [0.25, 0.3) is 5.91 Å². The maximum Gasteiger partial charge on any atom is 0.336 e. The van der Waals surface area contributed by atoms with Gasteiger partial charge >= 0.3 is 6.01 Å². The number of nitrogens with one attached hydrogen (secondary N) is 2. The van der Waals surface area contributed by atoms with Crippen molar-refractivity contribution in [2.24, 2.45) is 0 Å². The van der Waals surface area contributed by atoms with Crippen molar-refractivity contribution in [1.82, 2.24) is 20.2 Å². The average Bonchev–Trinajstić information content (AvgIpc) is 3.19. The number of hydrogen-bond acceptors (Lipinski definition) is 7. The molecular formula is C11H9N5O3S. The zero-order chi connectivity index (χ0) is 13.9. The molecule has 0 fully saturated rings. The van der Waals surface area contributed by atoms with Gasteiger partial charge in [-0.1, -0.05) is 0 Å². The number of furan rings is 1. The van der Waals surface area contributed by atoms with Crippen LogP contribution < -0.4 is 10.1 Å². The minimum Gasteiger partial charge on any atom is -0.466 e. The number of thiazole rings is 1. The highest BCUT2D eigenvalue weighted by Gasteiger charge is 2.15. The summed E-state index contributed by atoms with van der Waals surface area (Å²) in [4.78, 5) is 20.1. The van der Waals surface area contributed by atoms with Gasteiger partial charge in [0.2, 0.25) is 5.95 Å². The summed E-state index contributed by atoms with van der Waals surface area (Å²) in [6.07, 6.45) is 1.55. The molecule has 0 radical (unpaired) electrons. The highest BCUT2D eigenvalue weighted by atomic mass is 32.1. The SMILES string of the molecule is COc1n[nH]c(NC(=O)c2csc(-c3ccco3)n2)n1. The number of methoxy groups -OCH3 is 1. The van der Waals surface area contributed by atoms with Crippen LogP contribution in [-0.4, -0.2) is 33.2 Å². The Kier molecular flexibility index (Phi) is 3.17. The average molecular weight is 291 g/mol. The maximum atomic E-state index is 12.0. The molecule has 0 spiro atoms. The molecule has 0 aliphatic heterocycles. The number of rotatable bonds is 4. The summed E-state index contributed by atoms with van der Waals surface area (Å²) in [7, 11) is 1.44. The van der Waals surface area contributed by atoms with Gasteiger partial charge in [-0.25, -0.2) is 10.1 Å². The van der Waals surface area contributed by atoms with Gasteiger partial charge in [0.05, 0.1) is 13.4 Å². The molecule has 0 bridgehead atoms. The van der Waals surface area contributed by atoms with Gasteiger partial charge in [-0.05, 0) is 12.1 Å². The van der Waals surface area contributed by atoms with Crippen molar-refractivity contribution >= 4 is 23.2 Å². The van der Waals surface area contributed by atoms with E-state index < -0.39 is 5.91 Å². The molecule has 3 aromatic rings. The van der Waals surface area contributed by atoms with Crippen molar-refractivity contribution in [1.29, 1.82) is 0 Å². The van der Waals surface area contributed by atoms with Gasteiger partial charge in [-0.15, -0.1) is 16.4 Å². The maximum absolute atomic E-state index is 12.0. The van der Waals surface area contributed by atoms with Crippen LogP contribution in [0.4, 0.5) is 5.95 Å². The third-order valence-corrected chi connectivity index (χ3v) is 3.21. The normalized spacial score (nSPS) is 10.4. The third-order valence-electron chi connectivity index (χ3n) is 2.35. The second-order valence-electron chi connectivity index (χ2n) is 3.64. The van der Waals surface area contributed by atoms with Gasteiger partial charge in [0, 0.05) is 5.38 Å². The zero-order valence-corrected chi connectivity index (χ0v) is 11.1. The van der Waals surface area contributed by atoms with E-state index in [0.29, 0.717) is 10.8 Å². The molecule has 3 heterocycles. The van der Waals surface area contributed by atoms with E-state index in [2.05, 4.69) is 25.5 Å². The van der Waals surface area contributed by atoms with Crippen LogP contribution >= 0.6 is 11.3 Å². The van der Waals surface area contributed by atoms with E-state index in [1.807, 2.05) is 0 Å². The topological polar surface area (TPSA) is 106 Å². The van der Waals surface area contributed by atoms with E-state index in [1.54, 1.807) is 23.8 Å². The highest BCUT2D eigenvalue weighted by molar-refractivity contribution is 7.13. The Morgan fingerprint density at radius 2 is 2.40 bits per heavy atom. The molecule has 3 rings (SSSR count). The van der Waals surface area contributed by atoms with E-state index in [4.69, 9.17) is 9.15 Å². The van der Waals surface area contributed by atoms with Crippen molar-refractivity contribution in [3.63, 3.8) is 0 Å². The molecule has 8 nitrogen and oxygen atoms in total. The Labute approximate surface area is 116 Å². The predicted octanol–water partition coefficient (Wildman–Crippen LogP) is 1.78. The molecular weight excluding hydrogens is 282 g/mol. The molecule has 102 valence electrons. The van der Waals surface area contributed by atoms with Crippen molar-refractivity contribution in [3.05, 3.63) is 29.5 Å². The van der Waals surface area contributed by atoms with Gasteiger partial charge in [-0.2, -0.15) is 4.98 Å². The molecule has 20 heavy (non-hydrogen) atoms. The van der Waals surface area contributed by atoms with Crippen molar-refractivity contribution < 1.29 is 13.9 Å². The van der Waals surface area contributed by atoms with Crippen molar-refractivity contribution in [3.8, 4) is 16.8 Å². The molecule has 2 N–H and O–H groups in total. The minimum atomic E-state index is -0.391. The fourth-order valence-corrected chi connectivity index (χ4v) is 2.22. The fourth-order valence-electron chi connectivity index (χ4n) is 1.46. The first-order valence-corrected chi connectivity index (χ1v) is 6.41. The first kappa shape index (κ1) is 12.4. The Hall–Kier alpha value is -2.68. The number of aromatic amines is 1. The van der Waals surface area contributed by atoms with Crippen LogP contribution in [0.5, 0.6) is 6.01 Å². The van der Waals surface area contributed by atoms with E-state index >= 15 is 0 Å². The summed E-state index contributed by atoms with van der Waals surface area (Å²) >= 11 is 1.32. The second-order valence-corrected chi connectivity index (χ2v) is 4.50. The number of amides is 1. The predicted molar refractivity (Wildman–Crippen MR) is 70.7 cm³/mol. The number of carbonyl (C=O) groups excluding carboxylic acids is 1. The Balaban J connectivity index is 1.74. The van der Waals surface area contributed by atoms with E-state index in [0.717, 1.165) is 0 Å². The smallest absolute Gasteiger partial charge is 0.336 e. The molecule has 0 aliphatic carbocycles. The van der Waals surface area contributed by atoms with Gasteiger partial charge in [0.15, 0.2) is 10.8 Å². The third kappa shape index (κ3) is 2.38. The molecule has 3 aromatic heterocycles. The number of H-pyrrole nitrogens is 1. The summed E-state index contributed by atoms with van der Waals surface area (Å²) in [5.41, 5.74) is 0.275. The minimum absolute atomic E-state index is 0.148. The molecule has 0 aromatic carbocycles. The summed E-state index contributed by atoms with van der Waals surface area (Å²) in [5.74, 6) is 0.424. The number of hydrogen-bond donors (Lipinski definition) is 2. The first-order valence-electron chi connectivity index (χ1n) is 5.53. The Morgan fingerprint density at radius 1 is 1.50 bits per heavy atom. The fraction of sp³-hybridized carbons (Fsp3) is 0.0909. The van der Waals surface area contributed by atoms with Crippen LogP contribution in [0.1, 0.15) is 10.5 Å². The molecule has 0 unspecified atom stereocenters. The Bertz CT molecular complexity index is 718. The molecule has 0 saturated carbocycles. The largest absolute Gasteiger partial charge is 0.466 e. The quantitative estimate of drug-likeness (QED) is 0.759. The van der Waals surface area contributed by atoms with Crippen LogP contribution in [0.2, 0.25) is 0 Å². The number of carbonyl (C=O) groups is 1. The highest BCUT2D eigenvalue weighted by Crippen LogP contribution is 2.24. The van der Waals surface area contributed by atoms with Gasteiger partial charge < -0.3 is 9.15 Å². The molecule has 9 heteroatoms. The van der Waals surface area contributed by atoms with Crippen LogP contribution in [0.25, 0.3) is 10.8 Å². The number of nitrogens with zero attached hydrogens (tertiary/aromatic N) is 3. The summed E-state index contributed by atoms with van der Waals surface area (Å²) in [6.45, 7) is 0. The molecule has 0 atom stereocenters. The van der Waals surface area contributed by atoms with E-state index in [1.165, 1.54) is 18.4 Å². The van der Waals surface area contributed by atoms with Gasteiger partial charge in [0.1, 0.15) is 5.69 Å². The van der Waals surface area contributed by atoms with E-state index in [9.17, 15) is 4.79 Å². The van der Waals surface area contributed by atoms with Crippen LogP contribution in [0, 0.1) is 0 Å². The van der Waals surface area contributed by atoms with Gasteiger partial charge in [-0.3, -0.25) is 10.1 Å². The lowest BCUT2D eigenvalue weighted by molar-refractivity contribution is 0.102. The molecule has 0 saturated heterocycles. The van der Waals surface area contributed by atoms with Crippen molar-refractivity contribution in [2.75, 3.05) is 12.4 Å². The van der Waals surface area contributed by atoms with Crippen LogP contribution in [0.3, 0.4) is 0 Å². The number of anilines is 1. The van der Waals surface area contributed by atoms with Crippen LogP contribution in [0.15, 0.2) is 28.2 Å². The standard InChI is InChI=1S/C11H9N5O3S/c1-18-11-14-10(15-16-11)13-8(17)6-5-20-9(12-6)7-3-2-4-19-7/h2-5H,1H3,(H2,13,14,15,16,17). The van der Waals surface area contributed by atoms with Crippen LogP contribution in [-0.2, 0) is 0 Å². The lowest BCUT2D eigenvalue weighted by Crippen LogP contribution is -2.13. The molecule has 1 amide bonds. The number of aromatic nitrogens is 4. The lowest BCUT2D eigenvalue weighted by Gasteiger charge is -1.96. The monoisotopic (exact) mass is 291 g/mol. The number of ether oxygens (including phenoxy) is 1. The second kappa shape index (κ2) is 5.13. The summed E-state index contributed by atoms with van der Waals surface area (Å²) in [6, 6.07) is 3.69. The van der Waals surface area contributed by atoms with Crippen molar-refractivity contribution in [2.45, 2.75) is 0 Å². The lowest BCUT2D eigenvalue weighted by atomic mass is 10.4. The Morgan fingerprint density at radius 3 is 3.10 bits per heavy atom. The van der Waals surface area contributed by atoms with E-state index in [-0.39, 0.29) is 17.7 Å². The summed E-state index contributed by atoms with van der Waals surface area (Å²) < 4.78 is 10.0. The first-order chi connectivity index (χ1) is 9.76. The zero-order valence-electron chi connectivity index (χ0n) is 10.3. The summed E-state index contributed by atoms with van der Waals surface area (Å²) in [5, 5.41) is 11.1. The molecule has 0 aliphatic rings.